The third-order valence-electron chi connectivity index (χ3n) is 4.46. The Bertz CT molecular complexity index is 1140. The first kappa shape index (κ1) is 20.3. The fourth-order valence-corrected chi connectivity index (χ4v) is 4.23. The molecule has 0 unspecified atom stereocenters. The monoisotopic (exact) mass is 441 g/mol. The van der Waals surface area contributed by atoms with Crippen LogP contribution in [0.3, 0.4) is 0 Å². The lowest BCUT2D eigenvalue weighted by molar-refractivity contribution is -0.120. The Labute approximate surface area is 181 Å². The number of carbonyl (C=O) groups excluding carboxylic acids is 1. The number of ether oxygens (including phenoxy) is 1. The second kappa shape index (κ2) is 8.77. The maximum absolute atomic E-state index is 13.1. The van der Waals surface area contributed by atoms with Gasteiger partial charge in [-0.3, -0.25) is 14.7 Å². The fraction of sp³-hybridized carbons (Fsp3) is 0.136. The van der Waals surface area contributed by atoms with Crippen LogP contribution < -0.4 is 9.64 Å². The van der Waals surface area contributed by atoms with Crippen LogP contribution in [-0.2, 0) is 11.3 Å². The highest BCUT2D eigenvalue weighted by molar-refractivity contribution is 7.23. The Morgan fingerprint density at radius 3 is 2.70 bits per heavy atom. The minimum absolute atomic E-state index is 0.214. The number of carbonyl (C=O) groups is 1. The van der Waals surface area contributed by atoms with Gasteiger partial charge in [-0.25, -0.2) is 9.37 Å². The van der Waals surface area contributed by atoms with Crippen LogP contribution in [0.2, 0.25) is 5.02 Å². The molecule has 0 bridgehead atoms. The number of hydrogen-bond donors (Lipinski definition) is 0. The van der Waals surface area contributed by atoms with Gasteiger partial charge in [0.15, 0.2) is 11.7 Å². The van der Waals surface area contributed by atoms with Gasteiger partial charge in [-0.1, -0.05) is 35.1 Å². The topological polar surface area (TPSA) is 55.3 Å². The van der Waals surface area contributed by atoms with Gasteiger partial charge in [0.2, 0.25) is 0 Å². The first-order valence-electron chi connectivity index (χ1n) is 9.14. The maximum Gasteiger partial charge on any atom is 0.267 e. The van der Waals surface area contributed by atoms with E-state index in [0.717, 1.165) is 21.3 Å². The zero-order chi connectivity index (χ0) is 21.1. The number of hydrogen-bond acceptors (Lipinski definition) is 5. The van der Waals surface area contributed by atoms with Crippen molar-refractivity contribution in [2.24, 2.45) is 0 Å². The van der Waals surface area contributed by atoms with Crippen molar-refractivity contribution < 1.29 is 13.9 Å². The quantitative estimate of drug-likeness (QED) is 0.401. The molecule has 0 saturated carbocycles. The largest absolute Gasteiger partial charge is 0.484 e. The van der Waals surface area contributed by atoms with E-state index in [1.54, 1.807) is 17.3 Å². The van der Waals surface area contributed by atoms with Gasteiger partial charge in [0.1, 0.15) is 11.6 Å². The Hall–Kier alpha value is -3.03. The minimum atomic E-state index is -0.367. The molecule has 4 aromatic rings. The number of anilines is 1. The van der Waals surface area contributed by atoms with Gasteiger partial charge in [0.05, 0.1) is 21.8 Å². The maximum atomic E-state index is 13.1. The van der Waals surface area contributed by atoms with E-state index in [0.29, 0.717) is 15.9 Å². The molecule has 8 heteroatoms. The molecule has 0 aliphatic heterocycles. The number of nitrogens with zero attached hydrogens (tertiary/aromatic N) is 3. The number of rotatable bonds is 6. The average molecular weight is 442 g/mol. The zero-order valence-electron chi connectivity index (χ0n) is 16.0. The number of amides is 1. The normalized spacial score (nSPS) is 10.9. The van der Waals surface area contributed by atoms with Crippen LogP contribution in [0.5, 0.6) is 5.75 Å². The molecule has 0 aliphatic carbocycles. The van der Waals surface area contributed by atoms with E-state index in [4.69, 9.17) is 16.3 Å². The van der Waals surface area contributed by atoms with Gasteiger partial charge >= 0.3 is 0 Å². The SMILES string of the molecule is Cc1ccc(Cl)c2sc(N(Cc3cccnc3)C(=O)COc3ccc(F)cc3)nc12. The average Bonchev–Trinajstić information content (AvgIpc) is 3.21. The molecule has 0 atom stereocenters. The summed E-state index contributed by atoms with van der Waals surface area (Å²) in [5.74, 6) is -0.237. The summed E-state index contributed by atoms with van der Waals surface area (Å²) in [5, 5.41) is 1.12. The third kappa shape index (κ3) is 4.42. The van der Waals surface area contributed by atoms with Crippen LogP contribution in [0, 0.1) is 12.7 Å². The Morgan fingerprint density at radius 1 is 1.20 bits per heavy atom. The minimum Gasteiger partial charge on any atom is -0.484 e. The second-order valence-corrected chi connectivity index (χ2v) is 8.01. The van der Waals surface area contributed by atoms with Crippen molar-refractivity contribution in [3.63, 3.8) is 0 Å². The summed E-state index contributed by atoms with van der Waals surface area (Å²) in [5.41, 5.74) is 2.61. The Kier molecular flexibility index (Phi) is 5.92. The van der Waals surface area contributed by atoms with Crippen molar-refractivity contribution in [3.8, 4) is 5.75 Å². The summed E-state index contributed by atoms with van der Waals surface area (Å²) in [6.07, 6.45) is 3.38. The lowest BCUT2D eigenvalue weighted by Crippen LogP contribution is -2.34. The van der Waals surface area contributed by atoms with Gasteiger partial charge < -0.3 is 4.74 Å². The molecule has 4 rings (SSSR count). The number of aryl methyl sites for hydroxylation is 1. The van der Waals surface area contributed by atoms with Crippen LogP contribution in [-0.4, -0.2) is 22.5 Å². The highest BCUT2D eigenvalue weighted by Crippen LogP contribution is 2.36. The third-order valence-corrected chi connectivity index (χ3v) is 6.00. The van der Waals surface area contributed by atoms with Gasteiger partial charge in [0, 0.05) is 12.4 Å². The Morgan fingerprint density at radius 2 is 2.00 bits per heavy atom. The van der Waals surface area contributed by atoms with Gasteiger partial charge in [-0.2, -0.15) is 0 Å². The molecule has 0 N–H and O–H groups in total. The van der Waals surface area contributed by atoms with Gasteiger partial charge in [-0.05, 0) is 54.4 Å². The van der Waals surface area contributed by atoms with E-state index in [1.165, 1.54) is 35.6 Å². The fourth-order valence-electron chi connectivity index (χ4n) is 2.90. The molecular weight excluding hydrogens is 425 g/mol. The van der Waals surface area contributed by atoms with Crippen molar-refractivity contribution in [2.75, 3.05) is 11.5 Å². The standard InChI is InChI=1S/C22H17ClFN3O2S/c1-14-4-9-18(23)21-20(14)26-22(30-21)27(12-15-3-2-10-25-11-15)19(28)13-29-17-7-5-16(24)6-8-17/h2-11H,12-13H2,1H3. The lowest BCUT2D eigenvalue weighted by Gasteiger charge is -2.20. The lowest BCUT2D eigenvalue weighted by atomic mass is 10.2. The molecule has 0 fully saturated rings. The van der Waals surface area contributed by atoms with Crippen molar-refractivity contribution in [1.82, 2.24) is 9.97 Å². The predicted molar refractivity (Wildman–Crippen MR) is 117 cm³/mol. The number of benzene rings is 2. The van der Waals surface area contributed by atoms with Crippen molar-refractivity contribution in [3.05, 3.63) is 82.9 Å². The van der Waals surface area contributed by atoms with Crippen LogP contribution in [0.1, 0.15) is 11.1 Å². The molecule has 0 aliphatic rings. The second-order valence-electron chi connectivity index (χ2n) is 6.62. The molecule has 5 nitrogen and oxygen atoms in total. The number of halogens is 2. The van der Waals surface area contributed by atoms with Gasteiger partial charge in [-0.15, -0.1) is 0 Å². The number of pyridine rings is 1. The predicted octanol–water partition coefficient (Wildman–Crippen LogP) is 5.40. The number of thiazole rings is 1. The molecule has 0 saturated heterocycles. The first-order chi connectivity index (χ1) is 14.5. The van der Waals surface area contributed by atoms with Crippen molar-refractivity contribution >= 4 is 44.2 Å². The van der Waals surface area contributed by atoms with E-state index in [-0.39, 0.29) is 24.9 Å². The molecule has 0 radical (unpaired) electrons. The van der Waals surface area contributed by atoms with E-state index in [1.807, 2.05) is 31.2 Å². The number of fused-ring (bicyclic) bond motifs is 1. The molecule has 30 heavy (non-hydrogen) atoms. The van der Waals surface area contributed by atoms with E-state index >= 15 is 0 Å². The smallest absolute Gasteiger partial charge is 0.267 e. The summed E-state index contributed by atoms with van der Waals surface area (Å²) in [6, 6.07) is 13.0. The van der Waals surface area contributed by atoms with Crippen molar-refractivity contribution in [1.29, 1.82) is 0 Å². The summed E-state index contributed by atoms with van der Waals surface area (Å²) < 4.78 is 19.5. The molecular formula is C22H17ClFN3O2S. The summed E-state index contributed by atoms with van der Waals surface area (Å²) in [4.78, 5) is 23.4. The zero-order valence-corrected chi connectivity index (χ0v) is 17.6. The van der Waals surface area contributed by atoms with Crippen LogP contribution in [0.4, 0.5) is 9.52 Å². The Balaban J connectivity index is 1.64. The summed E-state index contributed by atoms with van der Waals surface area (Å²) >= 11 is 7.70. The van der Waals surface area contributed by atoms with Crippen LogP contribution in [0.15, 0.2) is 60.9 Å². The molecule has 2 aromatic heterocycles. The summed E-state index contributed by atoms with van der Waals surface area (Å²) in [6.45, 7) is 2.03. The van der Waals surface area contributed by atoms with E-state index < -0.39 is 0 Å². The number of aromatic nitrogens is 2. The molecule has 152 valence electrons. The highest BCUT2D eigenvalue weighted by Gasteiger charge is 2.22. The summed E-state index contributed by atoms with van der Waals surface area (Å²) in [7, 11) is 0. The van der Waals surface area contributed by atoms with Crippen LogP contribution in [0.25, 0.3) is 10.2 Å². The molecule has 2 heterocycles. The van der Waals surface area contributed by atoms with Crippen LogP contribution >= 0.6 is 22.9 Å². The van der Waals surface area contributed by atoms with Crippen molar-refractivity contribution in [2.45, 2.75) is 13.5 Å². The first-order valence-corrected chi connectivity index (χ1v) is 10.3. The van der Waals surface area contributed by atoms with E-state index in [9.17, 15) is 9.18 Å². The highest BCUT2D eigenvalue weighted by atomic mass is 35.5. The molecule has 0 spiro atoms. The molecule has 1 amide bonds. The van der Waals surface area contributed by atoms with Gasteiger partial charge in [0.25, 0.3) is 5.91 Å². The van der Waals surface area contributed by atoms with E-state index in [2.05, 4.69) is 9.97 Å². The molecule has 2 aromatic carbocycles.